The molecular weight excluding hydrogens is 428 g/mol. The molecule has 2 aromatic rings. The second-order valence-electron chi connectivity index (χ2n) is 7.59. The molecule has 3 aliphatic rings. The molecule has 2 aromatic carbocycles. The van der Waals surface area contributed by atoms with Crippen LogP contribution in [-0.4, -0.2) is 36.0 Å². The summed E-state index contributed by atoms with van der Waals surface area (Å²) in [4.78, 5) is 34.5. The quantitative estimate of drug-likeness (QED) is 0.369. The van der Waals surface area contributed by atoms with Crippen LogP contribution in [0.1, 0.15) is 11.1 Å². The van der Waals surface area contributed by atoms with Gasteiger partial charge in [-0.2, -0.15) is 0 Å². The van der Waals surface area contributed by atoms with E-state index in [0.717, 1.165) is 0 Å². The molecule has 1 saturated heterocycles. The number of benzene rings is 2. The standard InChI is InChI=1S/C20H16N2O10/c23-20-13(2-11-4-17-19(32-9-30-17)6-15(11)22(26)27)12(7-28-20)1-10-3-16-18(31-8-29-16)5-14(10)21(24)25/h3-6,12-13H,1-2,7-9H2/t12-,13+/m0/s1. The predicted octanol–water partition coefficient (Wildman–Crippen LogP) is 2.53. The maximum Gasteiger partial charge on any atom is 0.309 e. The minimum atomic E-state index is -0.723. The van der Waals surface area contributed by atoms with E-state index in [1.807, 2.05) is 0 Å². The lowest BCUT2D eigenvalue weighted by atomic mass is 9.84. The first-order valence-corrected chi connectivity index (χ1v) is 9.71. The molecule has 12 nitrogen and oxygen atoms in total. The number of carbonyl (C=O) groups is 1. The summed E-state index contributed by atoms with van der Waals surface area (Å²) in [5, 5.41) is 23.1. The van der Waals surface area contributed by atoms with Crippen molar-refractivity contribution in [1.82, 2.24) is 0 Å². The van der Waals surface area contributed by atoms with Crippen molar-refractivity contribution in [1.29, 1.82) is 0 Å². The number of nitro groups is 2. The van der Waals surface area contributed by atoms with E-state index in [-0.39, 0.29) is 55.9 Å². The zero-order chi connectivity index (χ0) is 22.4. The van der Waals surface area contributed by atoms with Gasteiger partial charge < -0.3 is 23.7 Å². The number of nitrogens with zero attached hydrogens (tertiary/aromatic N) is 2. The average molecular weight is 444 g/mol. The molecule has 12 heteroatoms. The van der Waals surface area contributed by atoms with Crippen molar-refractivity contribution in [3.63, 3.8) is 0 Å². The SMILES string of the molecule is O=C1OC[C@H](Cc2cc3c(cc2[N+](=O)[O-])OCO3)[C@H]1Cc1cc2c(cc1[N+](=O)[O-])OCO2. The predicted molar refractivity (Wildman–Crippen MR) is 104 cm³/mol. The normalized spacial score (nSPS) is 20.3. The molecule has 0 amide bonds. The van der Waals surface area contributed by atoms with Gasteiger partial charge in [0.15, 0.2) is 23.0 Å². The number of ether oxygens (including phenoxy) is 5. The Morgan fingerprint density at radius 2 is 1.22 bits per heavy atom. The van der Waals surface area contributed by atoms with E-state index in [1.54, 1.807) is 0 Å². The summed E-state index contributed by atoms with van der Waals surface area (Å²) in [5.41, 5.74) is 0.323. The topological polar surface area (TPSA) is 150 Å². The molecule has 3 heterocycles. The first kappa shape index (κ1) is 19.8. The molecule has 166 valence electrons. The van der Waals surface area contributed by atoms with Crippen LogP contribution >= 0.6 is 0 Å². The summed E-state index contributed by atoms with van der Waals surface area (Å²) in [6, 6.07) is 5.60. The van der Waals surface area contributed by atoms with Crippen LogP contribution in [0, 0.1) is 32.1 Å². The van der Waals surface area contributed by atoms with Gasteiger partial charge in [0.2, 0.25) is 13.6 Å². The molecular formula is C20H16N2O10. The fourth-order valence-corrected chi connectivity index (χ4v) is 4.19. The third-order valence-electron chi connectivity index (χ3n) is 5.77. The number of cyclic esters (lactones) is 1. The molecule has 0 unspecified atom stereocenters. The number of hydrogen-bond acceptors (Lipinski definition) is 10. The van der Waals surface area contributed by atoms with Gasteiger partial charge in [-0.15, -0.1) is 0 Å². The van der Waals surface area contributed by atoms with E-state index >= 15 is 0 Å². The number of fused-ring (bicyclic) bond motifs is 2. The second-order valence-corrected chi connectivity index (χ2v) is 7.59. The average Bonchev–Trinajstić information content (AvgIpc) is 3.48. The van der Waals surface area contributed by atoms with Crippen molar-refractivity contribution in [2.45, 2.75) is 12.8 Å². The van der Waals surface area contributed by atoms with E-state index in [9.17, 15) is 25.0 Å². The molecule has 3 aliphatic heterocycles. The van der Waals surface area contributed by atoms with Gasteiger partial charge in [0, 0.05) is 17.0 Å². The molecule has 1 fully saturated rings. The Bertz CT molecular complexity index is 1150. The van der Waals surface area contributed by atoms with Crippen LogP contribution in [0.5, 0.6) is 23.0 Å². The van der Waals surface area contributed by atoms with Gasteiger partial charge in [0.25, 0.3) is 11.4 Å². The maximum atomic E-state index is 12.5. The molecule has 0 spiro atoms. The Balaban J connectivity index is 1.45. The first-order chi connectivity index (χ1) is 15.4. The highest BCUT2D eigenvalue weighted by Gasteiger charge is 2.40. The van der Waals surface area contributed by atoms with Gasteiger partial charge in [-0.25, -0.2) is 0 Å². The highest BCUT2D eigenvalue weighted by atomic mass is 16.7. The van der Waals surface area contributed by atoms with Gasteiger partial charge in [0.1, 0.15) is 0 Å². The van der Waals surface area contributed by atoms with Crippen LogP contribution in [0.2, 0.25) is 0 Å². The van der Waals surface area contributed by atoms with Crippen LogP contribution in [0.15, 0.2) is 24.3 Å². The van der Waals surface area contributed by atoms with Crippen molar-refractivity contribution in [2.24, 2.45) is 11.8 Å². The zero-order valence-electron chi connectivity index (χ0n) is 16.5. The highest BCUT2D eigenvalue weighted by Crippen LogP contribution is 2.42. The minimum Gasteiger partial charge on any atom is -0.465 e. The van der Waals surface area contributed by atoms with Gasteiger partial charge >= 0.3 is 5.97 Å². The molecule has 0 aliphatic carbocycles. The number of esters is 1. The lowest BCUT2D eigenvalue weighted by Crippen LogP contribution is -2.21. The molecule has 0 radical (unpaired) electrons. The molecule has 5 rings (SSSR count). The highest BCUT2D eigenvalue weighted by molar-refractivity contribution is 5.76. The van der Waals surface area contributed by atoms with Crippen molar-refractivity contribution in [2.75, 3.05) is 20.2 Å². The lowest BCUT2D eigenvalue weighted by molar-refractivity contribution is -0.385. The summed E-state index contributed by atoms with van der Waals surface area (Å²) >= 11 is 0. The van der Waals surface area contributed by atoms with E-state index in [4.69, 9.17) is 23.7 Å². The molecule has 32 heavy (non-hydrogen) atoms. The van der Waals surface area contributed by atoms with Crippen LogP contribution < -0.4 is 18.9 Å². The van der Waals surface area contributed by atoms with Crippen molar-refractivity contribution in [3.8, 4) is 23.0 Å². The third-order valence-corrected chi connectivity index (χ3v) is 5.77. The Labute approximate surface area is 179 Å². The van der Waals surface area contributed by atoms with Crippen molar-refractivity contribution in [3.05, 3.63) is 55.6 Å². The summed E-state index contributed by atoms with van der Waals surface area (Å²) < 4.78 is 26.3. The van der Waals surface area contributed by atoms with Gasteiger partial charge in [-0.1, -0.05) is 0 Å². The van der Waals surface area contributed by atoms with E-state index in [2.05, 4.69) is 0 Å². The maximum absolute atomic E-state index is 12.5. The van der Waals surface area contributed by atoms with E-state index in [0.29, 0.717) is 22.6 Å². The molecule has 0 saturated carbocycles. The first-order valence-electron chi connectivity index (χ1n) is 9.71. The Kier molecular flexibility index (Phi) is 4.68. The van der Waals surface area contributed by atoms with Crippen LogP contribution in [0.25, 0.3) is 0 Å². The Morgan fingerprint density at radius 3 is 1.72 bits per heavy atom. The van der Waals surface area contributed by atoms with Crippen LogP contribution in [0.3, 0.4) is 0 Å². The summed E-state index contributed by atoms with van der Waals surface area (Å²) in [7, 11) is 0. The Hall–Kier alpha value is -4.09. The fourth-order valence-electron chi connectivity index (χ4n) is 4.19. The van der Waals surface area contributed by atoms with Crippen LogP contribution in [-0.2, 0) is 22.4 Å². The third kappa shape index (κ3) is 3.39. The summed E-state index contributed by atoms with van der Waals surface area (Å²) in [6.07, 6.45) is 0.177. The lowest BCUT2D eigenvalue weighted by Gasteiger charge is -2.16. The molecule has 0 aromatic heterocycles. The smallest absolute Gasteiger partial charge is 0.309 e. The Morgan fingerprint density at radius 1 is 0.750 bits per heavy atom. The number of nitro benzene ring substituents is 2. The second kappa shape index (κ2) is 7.55. The van der Waals surface area contributed by atoms with Gasteiger partial charge in [-0.05, 0) is 25.0 Å². The van der Waals surface area contributed by atoms with Crippen LogP contribution in [0.4, 0.5) is 11.4 Å². The van der Waals surface area contributed by atoms with E-state index < -0.39 is 27.7 Å². The zero-order valence-corrected chi connectivity index (χ0v) is 16.5. The molecule has 0 bridgehead atoms. The fraction of sp³-hybridized carbons (Fsp3) is 0.350. The van der Waals surface area contributed by atoms with Gasteiger partial charge in [-0.3, -0.25) is 25.0 Å². The largest absolute Gasteiger partial charge is 0.465 e. The number of rotatable bonds is 6. The van der Waals surface area contributed by atoms with Gasteiger partial charge in [0.05, 0.1) is 34.5 Å². The molecule has 0 N–H and O–H groups in total. The summed E-state index contributed by atoms with van der Waals surface area (Å²) in [6.45, 7) is -0.0252. The summed E-state index contributed by atoms with van der Waals surface area (Å²) in [5.74, 6) is -0.358. The van der Waals surface area contributed by atoms with E-state index in [1.165, 1.54) is 24.3 Å². The number of hydrogen-bond donors (Lipinski definition) is 0. The monoisotopic (exact) mass is 444 g/mol. The number of carbonyl (C=O) groups excluding carboxylic acids is 1. The minimum absolute atomic E-state index is 0.0226. The molecule has 2 atom stereocenters. The van der Waals surface area contributed by atoms with Crippen molar-refractivity contribution < 1.29 is 38.3 Å². The van der Waals surface area contributed by atoms with Crippen molar-refractivity contribution >= 4 is 17.3 Å².